The van der Waals surface area contributed by atoms with Gasteiger partial charge in [0.1, 0.15) is 5.82 Å². The largest absolute Gasteiger partial charge is 0.307 e. The van der Waals surface area contributed by atoms with Gasteiger partial charge in [-0.2, -0.15) is 5.26 Å². The number of hydrogen-bond acceptors (Lipinski definition) is 3. The molecule has 78 valence electrons. The van der Waals surface area contributed by atoms with E-state index in [2.05, 4.69) is 9.97 Å². The molecule has 1 heterocycles. The molecular formula is C12H9N3O. The topological polar surface area (TPSA) is 69.5 Å². The highest BCUT2D eigenvalue weighted by molar-refractivity contribution is 5.56. The van der Waals surface area contributed by atoms with Crippen LogP contribution in [0.1, 0.15) is 11.3 Å². The number of nitrogens with one attached hydrogen (secondary N) is 1. The number of rotatable bonds is 1. The number of aromatic amines is 1. The second-order valence-corrected chi connectivity index (χ2v) is 3.42. The molecule has 2 aromatic rings. The van der Waals surface area contributed by atoms with Gasteiger partial charge in [0.25, 0.3) is 5.56 Å². The molecule has 1 aromatic heterocycles. The summed E-state index contributed by atoms with van der Waals surface area (Å²) in [5, 5.41) is 8.66. The van der Waals surface area contributed by atoms with E-state index >= 15 is 0 Å². The monoisotopic (exact) mass is 211 g/mol. The van der Waals surface area contributed by atoms with Crippen LogP contribution in [0.25, 0.3) is 11.4 Å². The van der Waals surface area contributed by atoms with Gasteiger partial charge in [-0.3, -0.25) is 4.79 Å². The Morgan fingerprint density at radius 1 is 1.31 bits per heavy atom. The predicted molar refractivity (Wildman–Crippen MR) is 59.7 cm³/mol. The van der Waals surface area contributed by atoms with E-state index < -0.39 is 0 Å². The van der Waals surface area contributed by atoms with Crippen molar-refractivity contribution < 1.29 is 0 Å². The first-order chi connectivity index (χ1) is 7.69. The third-order valence-corrected chi connectivity index (χ3v) is 2.16. The Kier molecular flexibility index (Phi) is 2.52. The lowest BCUT2D eigenvalue weighted by Crippen LogP contribution is -2.08. The Bertz CT molecular complexity index is 605. The first kappa shape index (κ1) is 10.1. The smallest absolute Gasteiger partial charge is 0.251 e. The number of aromatic nitrogens is 2. The highest BCUT2D eigenvalue weighted by Crippen LogP contribution is 2.14. The van der Waals surface area contributed by atoms with Crippen LogP contribution in [0.4, 0.5) is 0 Å². The normalized spacial score (nSPS) is 9.75. The van der Waals surface area contributed by atoms with E-state index in [4.69, 9.17) is 5.26 Å². The Balaban J connectivity index is 2.51. The number of aryl methyl sites for hydroxylation is 1. The van der Waals surface area contributed by atoms with Crippen molar-refractivity contribution in [3.8, 4) is 17.5 Å². The van der Waals surface area contributed by atoms with Crippen LogP contribution in [0.3, 0.4) is 0 Å². The van der Waals surface area contributed by atoms with E-state index in [1.165, 1.54) is 6.07 Å². The lowest BCUT2D eigenvalue weighted by molar-refractivity contribution is 1.07. The second kappa shape index (κ2) is 3.99. The average Bonchev–Trinajstić information content (AvgIpc) is 2.28. The molecule has 0 radical (unpaired) electrons. The molecule has 0 atom stereocenters. The van der Waals surface area contributed by atoms with Gasteiger partial charge in [0.2, 0.25) is 0 Å². The van der Waals surface area contributed by atoms with Crippen LogP contribution in [0.5, 0.6) is 0 Å². The van der Waals surface area contributed by atoms with E-state index in [1.54, 1.807) is 31.2 Å². The fourth-order valence-corrected chi connectivity index (χ4v) is 1.42. The van der Waals surface area contributed by atoms with E-state index in [9.17, 15) is 4.79 Å². The summed E-state index contributed by atoms with van der Waals surface area (Å²) in [5.74, 6) is 0.523. The molecule has 0 amide bonds. The summed E-state index contributed by atoms with van der Waals surface area (Å²) >= 11 is 0. The summed E-state index contributed by atoms with van der Waals surface area (Å²) in [6.07, 6.45) is 0. The van der Waals surface area contributed by atoms with Crippen LogP contribution >= 0.6 is 0 Å². The minimum atomic E-state index is -0.174. The van der Waals surface area contributed by atoms with Gasteiger partial charge in [-0.1, -0.05) is 0 Å². The van der Waals surface area contributed by atoms with Gasteiger partial charge in [-0.25, -0.2) is 4.98 Å². The minimum absolute atomic E-state index is 0.174. The SMILES string of the molecule is Cc1cc(=O)[nH]c(-c2ccc(C#N)cc2)n1. The second-order valence-electron chi connectivity index (χ2n) is 3.42. The number of benzene rings is 1. The highest BCUT2D eigenvalue weighted by Gasteiger charge is 2.01. The summed E-state index contributed by atoms with van der Waals surface area (Å²) in [6, 6.07) is 10.4. The van der Waals surface area contributed by atoms with E-state index in [1.807, 2.05) is 6.07 Å². The molecule has 0 aliphatic carbocycles. The van der Waals surface area contributed by atoms with E-state index in [0.717, 1.165) is 5.56 Å². The molecule has 0 bridgehead atoms. The summed E-state index contributed by atoms with van der Waals surface area (Å²) < 4.78 is 0. The molecule has 4 nitrogen and oxygen atoms in total. The van der Waals surface area contributed by atoms with Gasteiger partial charge in [0.15, 0.2) is 0 Å². The van der Waals surface area contributed by atoms with Crippen molar-refractivity contribution in [3.63, 3.8) is 0 Å². The molecule has 0 spiro atoms. The van der Waals surface area contributed by atoms with Crippen molar-refractivity contribution in [2.24, 2.45) is 0 Å². The van der Waals surface area contributed by atoms with Gasteiger partial charge in [0.05, 0.1) is 11.6 Å². The quantitative estimate of drug-likeness (QED) is 0.779. The first-order valence-corrected chi connectivity index (χ1v) is 4.77. The van der Waals surface area contributed by atoms with Crippen molar-refractivity contribution in [1.82, 2.24) is 9.97 Å². The van der Waals surface area contributed by atoms with Gasteiger partial charge in [-0.05, 0) is 31.2 Å². The number of hydrogen-bond donors (Lipinski definition) is 1. The fourth-order valence-electron chi connectivity index (χ4n) is 1.42. The Morgan fingerprint density at radius 3 is 2.56 bits per heavy atom. The van der Waals surface area contributed by atoms with Crippen LogP contribution in [0.2, 0.25) is 0 Å². The molecule has 1 N–H and O–H groups in total. The predicted octanol–water partition coefficient (Wildman–Crippen LogP) is 1.62. The lowest BCUT2D eigenvalue weighted by Gasteiger charge is -2.01. The third kappa shape index (κ3) is 1.98. The molecule has 0 unspecified atom stereocenters. The van der Waals surface area contributed by atoms with Crippen LogP contribution in [-0.2, 0) is 0 Å². The third-order valence-electron chi connectivity index (χ3n) is 2.16. The van der Waals surface area contributed by atoms with Crippen molar-refractivity contribution >= 4 is 0 Å². The molecule has 0 aliphatic heterocycles. The van der Waals surface area contributed by atoms with Gasteiger partial charge >= 0.3 is 0 Å². The summed E-state index contributed by atoms with van der Waals surface area (Å²) in [5.41, 5.74) is 1.87. The Labute approximate surface area is 92.2 Å². The number of nitrogens with zero attached hydrogens (tertiary/aromatic N) is 2. The molecule has 4 heteroatoms. The molecule has 0 fully saturated rings. The fraction of sp³-hybridized carbons (Fsp3) is 0.0833. The van der Waals surface area contributed by atoms with Crippen molar-refractivity contribution in [3.05, 3.63) is 51.9 Å². The molecule has 0 aliphatic rings. The van der Waals surface area contributed by atoms with Crippen LogP contribution < -0.4 is 5.56 Å². The molecule has 2 rings (SSSR count). The Morgan fingerprint density at radius 2 is 2.00 bits per heavy atom. The summed E-state index contributed by atoms with van der Waals surface area (Å²) in [7, 11) is 0. The van der Waals surface area contributed by atoms with Gasteiger partial charge < -0.3 is 4.98 Å². The summed E-state index contributed by atoms with van der Waals surface area (Å²) in [4.78, 5) is 18.1. The standard InChI is InChI=1S/C12H9N3O/c1-8-6-11(16)15-12(14-8)10-4-2-9(7-13)3-5-10/h2-6H,1H3,(H,14,15,16). The van der Waals surface area contributed by atoms with Crippen LogP contribution in [-0.4, -0.2) is 9.97 Å². The first-order valence-electron chi connectivity index (χ1n) is 4.77. The van der Waals surface area contributed by atoms with Crippen LogP contribution in [0, 0.1) is 18.3 Å². The molecule has 1 aromatic carbocycles. The number of H-pyrrole nitrogens is 1. The maximum atomic E-state index is 11.3. The van der Waals surface area contributed by atoms with Gasteiger partial charge in [-0.15, -0.1) is 0 Å². The van der Waals surface area contributed by atoms with Crippen molar-refractivity contribution in [1.29, 1.82) is 5.26 Å². The zero-order valence-corrected chi connectivity index (χ0v) is 8.69. The lowest BCUT2D eigenvalue weighted by atomic mass is 10.1. The summed E-state index contributed by atoms with van der Waals surface area (Å²) in [6.45, 7) is 1.77. The molecule has 16 heavy (non-hydrogen) atoms. The maximum absolute atomic E-state index is 11.3. The molecule has 0 saturated heterocycles. The number of nitriles is 1. The zero-order valence-electron chi connectivity index (χ0n) is 8.69. The van der Waals surface area contributed by atoms with Crippen molar-refractivity contribution in [2.45, 2.75) is 6.92 Å². The minimum Gasteiger partial charge on any atom is -0.307 e. The maximum Gasteiger partial charge on any atom is 0.251 e. The van der Waals surface area contributed by atoms with Gasteiger partial charge in [0, 0.05) is 17.3 Å². The highest BCUT2D eigenvalue weighted by atomic mass is 16.1. The Hall–Kier alpha value is -2.41. The van der Waals surface area contributed by atoms with Crippen LogP contribution in [0.15, 0.2) is 35.1 Å². The van der Waals surface area contributed by atoms with Crippen molar-refractivity contribution in [2.75, 3.05) is 0 Å². The van der Waals surface area contributed by atoms with E-state index in [-0.39, 0.29) is 5.56 Å². The van der Waals surface area contributed by atoms with E-state index in [0.29, 0.717) is 17.1 Å². The zero-order chi connectivity index (χ0) is 11.5. The average molecular weight is 211 g/mol. The molecular weight excluding hydrogens is 202 g/mol. The molecule has 0 saturated carbocycles.